The lowest BCUT2D eigenvalue weighted by atomic mass is 10.2. The number of amides is 4. The minimum Gasteiger partial charge on any atom is -0.459 e. The second-order valence-electron chi connectivity index (χ2n) is 5.30. The zero-order valence-electron chi connectivity index (χ0n) is 13.6. The maximum absolute atomic E-state index is 11.5. The van der Waals surface area contributed by atoms with Crippen molar-refractivity contribution in [1.29, 1.82) is 0 Å². The lowest BCUT2D eigenvalue weighted by Gasteiger charge is -2.09. The molecule has 0 bridgehead atoms. The second-order valence-corrected chi connectivity index (χ2v) is 5.30. The Hall–Kier alpha value is -2.84. The van der Waals surface area contributed by atoms with Crippen molar-refractivity contribution in [3.8, 4) is 0 Å². The van der Waals surface area contributed by atoms with Crippen LogP contribution in [0.3, 0.4) is 0 Å². The molecular weight excluding hydrogens is 318 g/mol. The summed E-state index contributed by atoms with van der Waals surface area (Å²) in [5, 5.41) is 6.99. The van der Waals surface area contributed by atoms with Gasteiger partial charge in [0.15, 0.2) is 12.4 Å². The van der Waals surface area contributed by atoms with E-state index in [1.165, 1.54) is 12.3 Å². The third kappa shape index (κ3) is 7.97. The van der Waals surface area contributed by atoms with Crippen LogP contribution in [0.4, 0.5) is 4.79 Å². The summed E-state index contributed by atoms with van der Waals surface area (Å²) in [5.41, 5.74) is 0. The molecule has 0 aliphatic heterocycles. The molecule has 0 fully saturated rings. The van der Waals surface area contributed by atoms with Crippen LogP contribution in [-0.4, -0.2) is 43.5 Å². The van der Waals surface area contributed by atoms with E-state index < -0.39 is 30.4 Å². The molecule has 132 valence electrons. The molecule has 0 spiro atoms. The highest BCUT2D eigenvalue weighted by atomic mass is 16.5. The van der Waals surface area contributed by atoms with Gasteiger partial charge in [-0.3, -0.25) is 19.7 Å². The Morgan fingerprint density at radius 3 is 2.58 bits per heavy atom. The van der Waals surface area contributed by atoms with Crippen LogP contribution < -0.4 is 16.0 Å². The van der Waals surface area contributed by atoms with E-state index in [1.54, 1.807) is 6.07 Å². The van der Waals surface area contributed by atoms with Gasteiger partial charge in [0.1, 0.15) is 0 Å². The predicted molar refractivity (Wildman–Crippen MR) is 83.0 cm³/mol. The van der Waals surface area contributed by atoms with Gasteiger partial charge in [0, 0.05) is 13.1 Å². The van der Waals surface area contributed by atoms with Crippen LogP contribution in [0.5, 0.6) is 0 Å². The number of esters is 1. The van der Waals surface area contributed by atoms with Gasteiger partial charge in [0.25, 0.3) is 11.8 Å². The summed E-state index contributed by atoms with van der Waals surface area (Å²) in [5.74, 6) is -1.47. The van der Waals surface area contributed by atoms with Crippen LogP contribution in [0.15, 0.2) is 22.8 Å². The molecule has 3 N–H and O–H groups in total. The Bertz CT molecular complexity index is 568. The average molecular weight is 339 g/mol. The maximum atomic E-state index is 11.5. The van der Waals surface area contributed by atoms with Crippen LogP contribution in [0.25, 0.3) is 0 Å². The average Bonchev–Trinajstić information content (AvgIpc) is 3.05. The van der Waals surface area contributed by atoms with Crippen molar-refractivity contribution in [3.63, 3.8) is 0 Å². The molecule has 4 amide bonds. The summed E-state index contributed by atoms with van der Waals surface area (Å²) in [6.45, 7) is 3.71. The van der Waals surface area contributed by atoms with Gasteiger partial charge < -0.3 is 19.8 Å². The number of furan rings is 1. The van der Waals surface area contributed by atoms with Crippen molar-refractivity contribution >= 4 is 23.8 Å². The van der Waals surface area contributed by atoms with E-state index in [2.05, 4.69) is 10.6 Å². The minimum absolute atomic E-state index is 0.0366. The fraction of sp³-hybridized carbons (Fsp3) is 0.467. The molecule has 0 aliphatic carbocycles. The van der Waals surface area contributed by atoms with Crippen LogP contribution in [0, 0.1) is 5.92 Å². The zero-order valence-corrected chi connectivity index (χ0v) is 13.6. The summed E-state index contributed by atoms with van der Waals surface area (Å²) in [4.78, 5) is 45.7. The molecule has 1 rings (SSSR count). The number of imide groups is 1. The highest BCUT2D eigenvalue weighted by Crippen LogP contribution is 1.99. The first kappa shape index (κ1) is 19.2. The van der Waals surface area contributed by atoms with E-state index in [-0.39, 0.29) is 24.6 Å². The number of carbonyl (C=O) groups excluding carboxylic acids is 4. The van der Waals surface area contributed by atoms with E-state index in [0.717, 1.165) is 0 Å². The molecule has 1 heterocycles. The number of carbonyl (C=O) groups is 4. The Morgan fingerprint density at radius 2 is 1.96 bits per heavy atom. The monoisotopic (exact) mass is 339 g/mol. The molecule has 0 atom stereocenters. The van der Waals surface area contributed by atoms with Crippen molar-refractivity contribution < 1.29 is 28.3 Å². The van der Waals surface area contributed by atoms with Crippen molar-refractivity contribution in [1.82, 2.24) is 16.0 Å². The van der Waals surface area contributed by atoms with Crippen molar-refractivity contribution in [3.05, 3.63) is 24.2 Å². The molecule has 9 nitrogen and oxygen atoms in total. The van der Waals surface area contributed by atoms with Gasteiger partial charge in [-0.2, -0.15) is 0 Å². The number of rotatable bonds is 8. The van der Waals surface area contributed by atoms with E-state index in [0.29, 0.717) is 6.54 Å². The SMILES string of the molecule is CC(C)CNC(=O)NC(=O)COC(=O)CCNC(=O)c1ccco1. The Balaban J connectivity index is 2.13. The van der Waals surface area contributed by atoms with E-state index in [9.17, 15) is 19.2 Å². The maximum Gasteiger partial charge on any atom is 0.321 e. The third-order valence-electron chi connectivity index (χ3n) is 2.65. The smallest absolute Gasteiger partial charge is 0.321 e. The first-order valence-electron chi connectivity index (χ1n) is 7.43. The largest absolute Gasteiger partial charge is 0.459 e. The number of hydrogen-bond acceptors (Lipinski definition) is 6. The van der Waals surface area contributed by atoms with Crippen molar-refractivity contribution in [2.24, 2.45) is 5.92 Å². The van der Waals surface area contributed by atoms with Gasteiger partial charge in [-0.15, -0.1) is 0 Å². The lowest BCUT2D eigenvalue weighted by molar-refractivity contribution is -0.148. The highest BCUT2D eigenvalue weighted by Gasteiger charge is 2.12. The zero-order chi connectivity index (χ0) is 17.9. The van der Waals surface area contributed by atoms with E-state index in [4.69, 9.17) is 9.15 Å². The van der Waals surface area contributed by atoms with Crippen LogP contribution in [0.2, 0.25) is 0 Å². The molecule has 1 aromatic heterocycles. The van der Waals surface area contributed by atoms with E-state index in [1.807, 2.05) is 19.2 Å². The summed E-state index contributed by atoms with van der Waals surface area (Å²) >= 11 is 0. The van der Waals surface area contributed by atoms with Gasteiger partial charge in [0.05, 0.1) is 12.7 Å². The quantitative estimate of drug-likeness (QED) is 0.589. The summed E-state index contributed by atoms with van der Waals surface area (Å²) in [6, 6.07) is 2.41. The fourth-order valence-corrected chi connectivity index (χ4v) is 1.49. The van der Waals surface area contributed by atoms with Crippen LogP contribution >= 0.6 is 0 Å². The van der Waals surface area contributed by atoms with Gasteiger partial charge in [-0.05, 0) is 18.1 Å². The van der Waals surface area contributed by atoms with Gasteiger partial charge in [-0.25, -0.2) is 4.79 Å². The van der Waals surface area contributed by atoms with Crippen molar-refractivity contribution in [2.75, 3.05) is 19.7 Å². The van der Waals surface area contributed by atoms with Crippen LogP contribution in [-0.2, 0) is 14.3 Å². The minimum atomic E-state index is -0.732. The Morgan fingerprint density at radius 1 is 1.21 bits per heavy atom. The fourth-order valence-electron chi connectivity index (χ4n) is 1.49. The molecule has 0 aliphatic rings. The standard InChI is InChI=1S/C15H21N3O6/c1-10(2)8-17-15(22)18-12(19)9-24-13(20)5-6-16-14(21)11-4-3-7-23-11/h3-4,7,10H,5-6,8-9H2,1-2H3,(H,16,21)(H2,17,18,19,22). The van der Waals surface area contributed by atoms with Gasteiger partial charge >= 0.3 is 12.0 Å². The van der Waals surface area contributed by atoms with Crippen LogP contribution in [0.1, 0.15) is 30.8 Å². The molecule has 9 heteroatoms. The molecule has 0 unspecified atom stereocenters. The van der Waals surface area contributed by atoms with Crippen molar-refractivity contribution in [2.45, 2.75) is 20.3 Å². The Labute approximate surface area is 139 Å². The number of nitrogens with one attached hydrogen (secondary N) is 3. The normalized spacial score (nSPS) is 10.1. The first-order chi connectivity index (χ1) is 11.4. The molecule has 0 saturated carbocycles. The van der Waals surface area contributed by atoms with Gasteiger partial charge in [0.2, 0.25) is 0 Å². The number of hydrogen-bond donors (Lipinski definition) is 3. The highest BCUT2D eigenvalue weighted by molar-refractivity contribution is 5.95. The molecule has 0 radical (unpaired) electrons. The topological polar surface area (TPSA) is 127 Å². The third-order valence-corrected chi connectivity index (χ3v) is 2.65. The Kier molecular flexibility index (Phi) is 8.03. The molecule has 0 saturated heterocycles. The molecule has 0 aromatic carbocycles. The molecular formula is C15H21N3O6. The van der Waals surface area contributed by atoms with E-state index >= 15 is 0 Å². The summed E-state index contributed by atoms with van der Waals surface area (Å²) < 4.78 is 9.58. The second kappa shape index (κ2) is 10.0. The predicted octanol–water partition coefficient (Wildman–Crippen LogP) is 0.425. The molecule has 24 heavy (non-hydrogen) atoms. The van der Waals surface area contributed by atoms with Gasteiger partial charge in [-0.1, -0.05) is 13.8 Å². The summed E-state index contributed by atoms with van der Waals surface area (Å²) in [6.07, 6.45) is 1.25. The number of ether oxygens (including phenoxy) is 1. The summed E-state index contributed by atoms with van der Waals surface area (Å²) in [7, 11) is 0. The number of urea groups is 1. The first-order valence-corrected chi connectivity index (χ1v) is 7.43. The molecule has 1 aromatic rings. The lowest BCUT2D eigenvalue weighted by Crippen LogP contribution is -2.42.